The third kappa shape index (κ3) is 4.44. The summed E-state index contributed by atoms with van der Waals surface area (Å²) in [6.07, 6.45) is 2.06. The van der Waals surface area contributed by atoms with Crippen molar-refractivity contribution in [3.63, 3.8) is 0 Å². The molecule has 0 aliphatic carbocycles. The molecule has 4 aromatic rings. The van der Waals surface area contributed by atoms with E-state index in [2.05, 4.69) is 40.6 Å². The van der Waals surface area contributed by atoms with Crippen molar-refractivity contribution in [2.75, 3.05) is 19.0 Å². The lowest BCUT2D eigenvalue weighted by molar-refractivity contribution is 0.131. The van der Waals surface area contributed by atoms with Crippen molar-refractivity contribution < 1.29 is 9.50 Å². The van der Waals surface area contributed by atoms with Gasteiger partial charge in [-0.1, -0.05) is 30.3 Å². The molecule has 1 atom stereocenters. The highest BCUT2D eigenvalue weighted by molar-refractivity contribution is 7.21. The zero-order valence-corrected chi connectivity index (χ0v) is 16.9. The molecule has 0 spiro atoms. The summed E-state index contributed by atoms with van der Waals surface area (Å²) in [5, 5.41) is 13.4. The first-order chi connectivity index (χ1) is 14.2. The van der Waals surface area contributed by atoms with Crippen LogP contribution in [0.4, 0.5) is 10.2 Å². The Morgan fingerprint density at radius 3 is 2.48 bits per heavy atom. The minimum atomic E-state index is -0.883. The molecule has 2 heterocycles. The van der Waals surface area contributed by atoms with Gasteiger partial charge < -0.3 is 10.4 Å². The lowest BCUT2D eigenvalue weighted by atomic mass is 10.1. The number of nitrogens with one attached hydrogen (secondary N) is 1. The highest BCUT2D eigenvalue weighted by atomic mass is 32.1. The van der Waals surface area contributed by atoms with Crippen LogP contribution >= 0.6 is 11.3 Å². The van der Waals surface area contributed by atoms with Crippen LogP contribution in [0.2, 0.25) is 0 Å². The summed E-state index contributed by atoms with van der Waals surface area (Å²) < 4.78 is 13.5. The second kappa shape index (κ2) is 8.68. The fourth-order valence-electron chi connectivity index (χ4n) is 3.18. The van der Waals surface area contributed by atoms with Crippen LogP contribution in [0.25, 0.3) is 31.9 Å². The van der Waals surface area contributed by atoms with E-state index >= 15 is 0 Å². The number of aryl methyl sites for hydroxylation is 1. The van der Waals surface area contributed by atoms with Crippen LogP contribution in [0.1, 0.15) is 12.0 Å². The molecule has 0 aliphatic rings. The van der Waals surface area contributed by atoms with Crippen molar-refractivity contribution in [2.24, 2.45) is 0 Å². The number of aliphatic hydroxyl groups is 1. The second-order valence-electron chi connectivity index (χ2n) is 6.93. The average Bonchev–Trinajstić information content (AvgIpc) is 3.21. The van der Waals surface area contributed by atoms with Crippen LogP contribution < -0.4 is 5.32 Å². The second-order valence-corrected chi connectivity index (χ2v) is 7.96. The summed E-state index contributed by atoms with van der Waals surface area (Å²) in [7, 11) is 1.85. The molecule has 0 amide bonds. The van der Waals surface area contributed by atoms with Gasteiger partial charge in [-0.25, -0.2) is 14.4 Å². The summed E-state index contributed by atoms with van der Waals surface area (Å²) in [5.41, 5.74) is 5.30. The zero-order chi connectivity index (χ0) is 20.2. The first kappa shape index (κ1) is 19.5. The van der Waals surface area contributed by atoms with Gasteiger partial charge >= 0.3 is 0 Å². The largest absolute Gasteiger partial charge is 0.390 e. The molecule has 4 rings (SSSR count). The Labute approximate surface area is 173 Å². The van der Waals surface area contributed by atoms with Crippen molar-refractivity contribution in [1.82, 2.24) is 9.97 Å². The van der Waals surface area contributed by atoms with E-state index in [1.54, 1.807) is 11.3 Å². The number of halogens is 1. The van der Waals surface area contributed by atoms with Gasteiger partial charge in [-0.2, -0.15) is 0 Å². The number of benzene rings is 2. The summed E-state index contributed by atoms with van der Waals surface area (Å²) in [5.74, 6) is 0.846. The maximum absolute atomic E-state index is 12.4. The molecule has 148 valence electrons. The molecule has 0 saturated carbocycles. The molecule has 0 bridgehead atoms. The van der Waals surface area contributed by atoms with Crippen LogP contribution in [0.5, 0.6) is 0 Å². The lowest BCUT2D eigenvalue weighted by Crippen LogP contribution is -2.09. The Hall–Kier alpha value is -2.83. The summed E-state index contributed by atoms with van der Waals surface area (Å²) in [4.78, 5) is 9.11. The van der Waals surface area contributed by atoms with E-state index in [-0.39, 0.29) is 0 Å². The third-order valence-electron chi connectivity index (χ3n) is 4.88. The van der Waals surface area contributed by atoms with Crippen LogP contribution in [0.3, 0.4) is 0 Å². The molecular weight excluding hydrogens is 385 g/mol. The number of pyridine rings is 1. The highest BCUT2D eigenvalue weighted by Crippen LogP contribution is 2.32. The van der Waals surface area contributed by atoms with E-state index < -0.39 is 12.8 Å². The molecule has 0 saturated heterocycles. The van der Waals surface area contributed by atoms with E-state index in [1.807, 2.05) is 37.5 Å². The van der Waals surface area contributed by atoms with Gasteiger partial charge in [0.15, 0.2) is 0 Å². The number of nitrogens with zero attached hydrogens (tertiary/aromatic N) is 2. The molecule has 6 heteroatoms. The zero-order valence-electron chi connectivity index (χ0n) is 16.1. The molecule has 2 aromatic carbocycles. The van der Waals surface area contributed by atoms with Crippen molar-refractivity contribution in [1.29, 1.82) is 0 Å². The monoisotopic (exact) mass is 407 g/mol. The van der Waals surface area contributed by atoms with E-state index in [1.165, 1.54) is 0 Å². The van der Waals surface area contributed by atoms with Gasteiger partial charge in [0.2, 0.25) is 0 Å². The van der Waals surface area contributed by atoms with Crippen molar-refractivity contribution in [3.8, 4) is 21.7 Å². The molecular formula is C23H22FN3OS. The normalized spacial score (nSPS) is 12.2. The molecule has 2 aromatic heterocycles. The molecule has 0 aliphatic heterocycles. The molecule has 4 nitrogen and oxygen atoms in total. The van der Waals surface area contributed by atoms with Gasteiger partial charge in [0, 0.05) is 24.4 Å². The predicted molar refractivity (Wildman–Crippen MR) is 118 cm³/mol. The lowest BCUT2D eigenvalue weighted by Gasteiger charge is -2.05. The minimum absolute atomic E-state index is 0.430. The molecule has 0 radical (unpaired) electrons. The number of anilines is 1. The average molecular weight is 408 g/mol. The van der Waals surface area contributed by atoms with E-state index in [4.69, 9.17) is 4.98 Å². The number of alkyl halides is 1. The van der Waals surface area contributed by atoms with Gasteiger partial charge in [0.25, 0.3) is 0 Å². The number of fused-ring (bicyclic) bond motifs is 1. The van der Waals surface area contributed by atoms with Gasteiger partial charge in [-0.3, -0.25) is 0 Å². The quantitative estimate of drug-likeness (QED) is 0.435. The number of hydrogen-bond acceptors (Lipinski definition) is 5. The minimum Gasteiger partial charge on any atom is -0.390 e. The van der Waals surface area contributed by atoms with Crippen LogP contribution in [0, 0.1) is 0 Å². The van der Waals surface area contributed by atoms with Gasteiger partial charge in [0.05, 0.1) is 16.3 Å². The van der Waals surface area contributed by atoms with Crippen LogP contribution in [-0.2, 0) is 6.42 Å². The number of aromatic nitrogens is 2. The van der Waals surface area contributed by atoms with Crippen molar-refractivity contribution in [2.45, 2.75) is 18.9 Å². The SMILES string of the molecule is CNc1ccc(-c2ccc(-c3nc4ccc(CCC(O)CF)cc4s3)cc2)cn1. The van der Waals surface area contributed by atoms with E-state index in [9.17, 15) is 9.50 Å². The van der Waals surface area contributed by atoms with Gasteiger partial charge in [0.1, 0.15) is 17.5 Å². The Kier molecular flexibility index (Phi) is 5.83. The van der Waals surface area contributed by atoms with Gasteiger partial charge in [-0.05, 0) is 48.2 Å². The van der Waals surface area contributed by atoms with E-state index in [0.717, 1.165) is 43.3 Å². The molecule has 29 heavy (non-hydrogen) atoms. The van der Waals surface area contributed by atoms with E-state index in [0.29, 0.717) is 12.8 Å². The Balaban J connectivity index is 1.54. The topological polar surface area (TPSA) is 58.0 Å². The van der Waals surface area contributed by atoms with Crippen molar-refractivity contribution >= 4 is 27.4 Å². The summed E-state index contributed by atoms with van der Waals surface area (Å²) in [6, 6.07) is 18.4. The number of rotatable bonds is 7. The molecule has 1 unspecified atom stereocenters. The summed E-state index contributed by atoms with van der Waals surface area (Å²) >= 11 is 1.64. The smallest absolute Gasteiger partial charge is 0.125 e. The number of hydrogen-bond donors (Lipinski definition) is 2. The maximum atomic E-state index is 12.4. The summed E-state index contributed by atoms with van der Waals surface area (Å²) in [6.45, 7) is -0.696. The number of thiazole rings is 1. The molecule has 0 fully saturated rings. The first-order valence-corrected chi connectivity index (χ1v) is 10.4. The fourth-order valence-corrected chi connectivity index (χ4v) is 4.21. The van der Waals surface area contributed by atoms with Crippen LogP contribution in [-0.4, -0.2) is 34.9 Å². The predicted octanol–water partition coefficient (Wildman–Crippen LogP) is 5.33. The fraction of sp³-hybridized carbons (Fsp3) is 0.217. The molecule has 2 N–H and O–H groups in total. The maximum Gasteiger partial charge on any atom is 0.125 e. The van der Waals surface area contributed by atoms with Crippen molar-refractivity contribution in [3.05, 3.63) is 66.4 Å². The highest BCUT2D eigenvalue weighted by Gasteiger charge is 2.09. The first-order valence-electron chi connectivity index (χ1n) is 9.54. The number of aliphatic hydroxyl groups excluding tert-OH is 1. The Morgan fingerprint density at radius 1 is 1.03 bits per heavy atom. The standard InChI is InChI=1S/C23H22FN3OS/c1-25-22-11-8-18(14-26-22)16-4-6-17(7-5-16)23-27-20-10-3-15(12-21(20)29-23)2-9-19(28)13-24/h3-8,10-12,14,19,28H,2,9,13H2,1H3,(H,25,26). The van der Waals surface area contributed by atoms with Gasteiger partial charge in [-0.15, -0.1) is 11.3 Å². The van der Waals surface area contributed by atoms with Crippen LogP contribution in [0.15, 0.2) is 60.8 Å². The Morgan fingerprint density at radius 2 is 1.79 bits per heavy atom. The third-order valence-corrected chi connectivity index (χ3v) is 5.95. The Bertz CT molecular complexity index is 1090.